The number of carbonyl (C=O) groups is 2. The molecule has 1 saturated carbocycles. The van der Waals surface area contributed by atoms with Crippen LogP contribution in [0.1, 0.15) is 23.2 Å². The van der Waals surface area contributed by atoms with Crippen molar-refractivity contribution in [3.8, 4) is 16.9 Å². The SMILES string of the molecule is O=C(CN1CCOCC1)Nc1c(-c2cccnc2)ccc(NC(=O)c2ccccc2)c1OC1CC1. The normalized spacial score (nSPS) is 15.9. The van der Waals surface area contributed by atoms with Crippen LogP contribution < -0.4 is 15.4 Å². The summed E-state index contributed by atoms with van der Waals surface area (Å²) in [5, 5.41) is 6.06. The maximum Gasteiger partial charge on any atom is 0.255 e. The third kappa shape index (κ3) is 5.85. The number of rotatable bonds is 8. The molecular formula is C27H28N4O4. The molecule has 0 atom stereocenters. The molecule has 5 rings (SSSR count). The molecule has 0 unspecified atom stereocenters. The molecule has 3 aromatic rings. The zero-order valence-corrected chi connectivity index (χ0v) is 19.4. The highest BCUT2D eigenvalue weighted by molar-refractivity contribution is 6.07. The van der Waals surface area contributed by atoms with E-state index in [1.165, 1.54) is 0 Å². The maximum absolute atomic E-state index is 13.1. The van der Waals surface area contributed by atoms with Crippen LogP contribution in [0.4, 0.5) is 11.4 Å². The highest BCUT2D eigenvalue weighted by Gasteiger charge is 2.29. The minimum absolute atomic E-state index is 0.0569. The molecule has 0 bridgehead atoms. The quantitative estimate of drug-likeness (QED) is 0.518. The Morgan fingerprint density at radius 3 is 2.51 bits per heavy atom. The van der Waals surface area contributed by atoms with Crippen molar-refractivity contribution in [1.82, 2.24) is 9.88 Å². The lowest BCUT2D eigenvalue weighted by atomic mass is 10.0. The second-order valence-corrected chi connectivity index (χ2v) is 8.68. The smallest absolute Gasteiger partial charge is 0.255 e. The summed E-state index contributed by atoms with van der Waals surface area (Å²) in [6.45, 7) is 2.90. The number of morpholine rings is 1. The van der Waals surface area contributed by atoms with Crippen molar-refractivity contribution in [2.24, 2.45) is 0 Å². The summed E-state index contributed by atoms with van der Waals surface area (Å²) in [5.41, 5.74) is 3.21. The molecule has 2 amide bonds. The van der Waals surface area contributed by atoms with Gasteiger partial charge >= 0.3 is 0 Å². The van der Waals surface area contributed by atoms with Crippen molar-refractivity contribution in [2.75, 3.05) is 43.5 Å². The van der Waals surface area contributed by atoms with Gasteiger partial charge in [-0.2, -0.15) is 0 Å². The van der Waals surface area contributed by atoms with E-state index in [1.807, 2.05) is 42.5 Å². The topological polar surface area (TPSA) is 92.8 Å². The second-order valence-electron chi connectivity index (χ2n) is 8.68. The Morgan fingerprint density at radius 1 is 1.00 bits per heavy atom. The van der Waals surface area contributed by atoms with Crippen LogP contribution in [0.2, 0.25) is 0 Å². The fourth-order valence-corrected chi connectivity index (χ4v) is 3.97. The number of carbonyl (C=O) groups excluding carboxylic acids is 2. The van der Waals surface area contributed by atoms with Crippen LogP contribution in [-0.4, -0.2) is 60.7 Å². The van der Waals surface area contributed by atoms with Crippen LogP contribution in [0.5, 0.6) is 5.75 Å². The van der Waals surface area contributed by atoms with E-state index in [9.17, 15) is 9.59 Å². The van der Waals surface area contributed by atoms with Gasteiger partial charge in [0.2, 0.25) is 5.91 Å². The van der Waals surface area contributed by atoms with Crippen LogP contribution in [-0.2, 0) is 9.53 Å². The number of anilines is 2. The van der Waals surface area contributed by atoms with Crippen molar-refractivity contribution in [3.63, 3.8) is 0 Å². The number of amides is 2. The Morgan fingerprint density at radius 2 is 1.80 bits per heavy atom. The molecule has 180 valence electrons. The molecule has 2 aliphatic rings. The summed E-state index contributed by atoms with van der Waals surface area (Å²) in [4.78, 5) is 32.4. The fourth-order valence-electron chi connectivity index (χ4n) is 3.97. The lowest BCUT2D eigenvalue weighted by Crippen LogP contribution is -2.41. The second kappa shape index (κ2) is 10.7. The third-order valence-electron chi connectivity index (χ3n) is 5.96. The lowest BCUT2D eigenvalue weighted by Gasteiger charge is -2.26. The molecule has 2 fully saturated rings. The summed E-state index contributed by atoms with van der Waals surface area (Å²) in [6.07, 6.45) is 5.38. The predicted molar refractivity (Wildman–Crippen MR) is 134 cm³/mol. The van der Waals surface area contributed by atoms with Crippen LogP contribution in [0.15, 0.2) is 67.0 Å². The first kappa shape index (κ1) is 23.0. The van der Waals surface area contributed by atoms with Crippen molar-refractivity contribution >= 4 is 23.2 Å². The first-order valence-corrected chi connectivity index (χ1v) is 11.9. The van der Waals surface area contributed by atoms with E-state index < -0.39 is 0 Å². The van der Waals surface area contributed by atoms with Crippen LogP contribution in [0, 0.1) is 0 Å². The number of nitrogens with one attached hydrogen (secondary N) is 2. The van der Waals surface area contributed by atoms with Crippen LogP contribution in [0.3, 0.4) is 0 Å². The number of hydrogen-bond acceptors (Lipinski definition) is 6. The minimum atomic E-state index is -0.244. The summed E-state index contributed by atoms with van der Waals surface area (Å²) >= 11 is 0. The van der Waals surface area contributed by atoms with Gasteiger partial charge in [-0.3, -0.25) is 19.5 Å². The monoisotopic (exact) mass is 472 g/mol. The minimum Gasteiger partial charge on any atom is -0.486 e. The van der Waals surface area contributed by atoms with Gasteiger partial charge in [-0.15, -0.1) is 0 Å². The van der Waals surface area contributed by atoms with Gasteiger partial charge < -0.3 is 20.1 Å². The van der Waals surface area contributed by atoms with E-state index in [-0.39, 0.29) is 24.5 Å². The van der Waals surface area contributed by atoms with Crippen LogP contribution >= 0.6 is 0 Å². The first-order valence-electron chi connectivity index (χ1n) is 11.9. The molecule has 0 spiro atoms. The van der Waals surface area contributed by atoms with E-state index in [4.69, 9.17) is 9.47 Å². The zero-order valence-electron chi connectivity index (χ0n) is 19.4. The Bertz CT molecular complexity index is 1180. The Labute approximate surface area is 204 Å². The molecule has 1 saturated heterocycles. The lowest BCUT2D eigenvalue weighted by molar-refractivity contribution is -0.118. The van der Waals surface area contributed by atoms with Crippen LogP contribution in [0.25, 0.3) is 11.1 Å². The summed E-state index contributed by atoms with van der Waals surface area (Å²) in [7, 11) is 0. The molecule has 0 radical (unpaired) electrons. The fraction of sp³-hybridized carbons (Fsp3) is 0.296. The van der Waals surface area contributed by atoms with Crippen molar-refractivity contribution in [3.05, 3.63) is 72.6 Å². The van der Waals surface area contributed by atoms with E-state index in [0.29, 0.717) is 49.0 Å². The van der Waals surface area contributed by atoms with E-state index in [2.05, 4.69) is 20.5 Å². The molecule has 1 aromatic heterocycles. The molecule has 8 nitrogen and oxygen atoms in total. The number of pyridine rings is 1. The maximum atomic E-state index is 13.1. The van der Waals surface area contributed by atoms with E-state index in [1.54, 1.807) is 24.5 Å². The van der Waals surface area contributed by atoms with Gasteiger partial charge in [0, 0.05) is 42.2 Å². The number of hydrogen-bond donors (Lipinski definition) is 2. The predicted octanol–water partition coefficient (Wildman–Crippen LogP) is 3.81. The van der Waals surface area contributed by atoms with Crippen molar-refractivity contribution < 1.29 is 19.1 Å². The molecular weight excluding hydrogens is 444 g/mol. The Kier molecular flexibility index (Phi) is 7.02. The first-order chi connectivity index (χ1) is 17.2. The largest absolute Gasteiger partial charge is 0.486 e. The summed E-state index contributed by atoms with van der Waals surface area (Å²) in [6, 6.07) is 16.5. The molecule has 1 aliphatic carbocycles. The average Bonchev–Trinajstić information content (AvgIpc) is 3.72. The molecule has 1 aliphatic heterocycles. The molecule has 35 heavy (non-hydrogen) atoms. The number of nitrogens with zero attached hydrogens (tertiary/aromatic N) is 2. The molecule has 2 heterocycles. The number of benzene rings is 2. The number of aromatic nitrogens is 1. The van der Waals surface area contributed by atoms with E-state index >= 15 is 0 Å². The van der Waals surface area contributed by atoms with Gasteiger partial charge in [0.1, 0.15) is 0 Å². The average molecular weight is 473 g/mol. The third-order valence-corrected chi connectivity index (χ3v) is 5.96. The number of ether oxygens (including phenoxy) is 2. The van der Waals surface area contributed by atoms with Gasteiger partial charge in [0.25, 0.3) is 5.91 Å². The van der Waals surface area contributed by atoms with Gasteiger partial charge in [0.15, 0.2) is 5.75 Å². The van der Waals surface area contributed by atoms with Gasteiger partial charge in [-0.05, 0) is 43.2 Å². The standard InChI is InChI=1S/C27H28N4O4/c32-24(18-31-13-15-34-16-14-31)30-25-22(20-7-4-12-28-17-20)10-11-23(26(25)35-21-8-9-21)29-27(33)19-5-2-1-3-6-19/h1-7,10-12,17,21H,8-9,13-16,18H2,(H,29,33)(H,30,32). The summed E-state index contributed by atoms with van der Waals surface area (Å²) < 4.78 is 11.7. The van der Waals surface area contributed by atoms with Crippen molar-refractivity contribution in [2.45, 2.75) is 18.9 Å². The Balaban J connectivity index is 1.50. The highest BCUT2D eigenvalue weighted by atomic mass is 16.5. The van der Waals surface area contributed by atoms with Gasteiger partial charge in [-0.25, -0.2) is 0 Å². The zero-order chi connectivity index (χ0) is 24.0. The molecule has 2 N–H and O–H groups in total. The van der Waals surface area contributed by atoms with E-state index in [0.717, 1.165) is 24.0 Å². The van der Waals surface area contributed by atoms with Gasteiger partial charge in [0.05, 0.1) is 37.2 Å². The molecule has 2 aromatic carbocycles. The van der Waals surface area contributed by atoms with Crippen molar-refractivity contribution in [1.29, 1.82) is 0 Å². The van der Waals surface area contributed by atoms with Gasteiger partial charge in [-0.1, -0.05) is 24.3 Å². The highest BCUT2D eigenvalue weighted by Crippen LogP contribution is 2.44. The summed E-state index contributed by atoms with van der Waals surface area (Å²) in [5.74, 6) is 0.0728. The Hall–Kier alpha value is -3.75. The molecule has 8 heteroatoms.